The van der Waals surface area contributed by atoms with Gasteiger partial charge in [-0.15, -0.1) is 0 Å². The average Bonchev–Trinajstić information content (AvgIpc) is 2.17. The number of benzene rings is 1. The minimum atomic E-state index is -1.10. The van der Waals surface area contributed by atoms with Gasteiger partial charge < -0.3 is 10.4 Å². The number of para-hydroxylation sites is 1. The van der Waals surface area contributed by atoms with Crippen LogP contribution in [0.5, 0.6) is 0 Å². The molecule has 1 aromatic carbocycles. The van der Waals surface area contributed by atoms with Crippen molar-refractivity contribution >= 4 is 11.7 Å². The Labute approximate surface area is 99.7 Å². The van der Waals surface area contributed by atoms with Crippen LogP contribution in [0.15, 0.2) is 18.2 Å². The summed E-state index contributed by atoms with van der Waals surface area (Å²) in [4.78, 5) is 11.0. The first kappa shape index (κ1) is 11.9. The van der Waals surface area contributed by atoms with Crippen LogP contribution in [0.3, 0.4) is 0 Å². The smallest absolute Gasteiger partial charge is 0.337 e. The van der Waals surface area contributed by atoms with E-state index in [0.29, 0.717) is 5.92 Å². The number of carboxylic acids is 1. The molecule has 92 valence electrons. The first-order valence-electron chi connectivity index (χ1n) is 5.88. The molecule has 2 N–H and O–H groups in total. The van der Waals surface area contributed by atoms with Crippen LogP contribution >= 0.6 is 0 Å². The summed E-state index contributed by atoms with van der Waals surface area (Å²) in [7, 11) is 0. The second kappa shape index (κ2) is 4.73. The highest BCUT2D eigenvalue weighted by Gasteiger charge is 2.25. The summed E-state index contributed by atoms with van der Waals surface area (Å²) in [6, 6.07) is 4.22. The van der Waals surface area contributed by atoms with E-state index in [1.54, 1.807) is 0 Å². The van der Waals surface area contributed by atoms with E-state index in [1.807, 2.05) is 6.92 Å². The zero-order valence-corrected chi connectivity index (χ0v) is 9.74. The third-order valence-electron chi connectivity index (χ3n) is 3.47. The Morgan fingerprint density at radius 1 is 1.53 bits per heavy atom. The topological polar surface area (TPSA) is 49.3 Å². The van der Waals surface area contributed by atoms with Crippen LogP contribution in [-0.2, 0) is 0 Å². The normalized spacial score (nSPS) is 17.3. The fourth-order valence-electron chi connectivity index (χ4n) is 2.13. The summed E-state index contributed by atoms with van der Waals surface area (Å²) in [5.74, 6) is -1.08. The highest BCUT2D eigenvalue weighted by atomic mass is 19.1. The lowest BCUT2D eigenvalue weighted by Gasteiger charge is -2.32. The zero-order chi connectivity index (χ0) is 12.4. The van der Waals surface area contributed by atoms with Gasteiger partial charge in [0.15, 0.2) is 0 Å². The molecule has 1 aliphatic carbocycles. The van der Waals surface area contributed by atoms with Crippen molar-refractivity contribution in [1.82, 2.24) is 0 Å². The molecule has 1 fully saturated rings. The third kappa shape index (κ3) is 2.40. The molecular weight excluding hydrogens is 221 g/mol. The van der Waals surface area contributed by atoms with Crippen molar-refractivity contribution in [1.29, 1.82) is 0 Å². The third-order valence-corrected chi connectivity index (χ3v) is 3.47. The molecule has 0 bridgehead atoms. The van der Waals surface area contributed by atoms with Crippen LogP contribution in [0.4, 0.5) is 10.1 Å². The minimum Gasteiger partial charge on any atom is -0.478 e. The Balaban J connectivity index is 2.21. The lowest BCUT2D eigenvalue weighted by molar-refractivity contribution is 0.0697. The molecule has 2 rings (SSSR count). The average molecular weight is 237 g/mol. The SMILES string of the molecule is CC(Nc1c(F)cccc1C(=O)O)C1CCC1. The quantitative estimate of drug-likeness (QED) is 0.845. The maximum Gasteiger partial charge on any atom is 0.337 e. The molecule has 4 heteroatoms. The van der Waals surface area contributed by atoms with E-state index in [0.717, 1.165) is 12.8 Å². The van der Waals surface area contributed by atoms with Crippen molar-refractivity contribution in [2.45, 2.75) is 32.2 Å². The summed E-state index contributed by atoms with van der Waals surface area (Å²) in [6.07, 6.45) is 3.47. The van der Waals surface area contributed by atoms with E-state index in [2.05, 4.69) is 5.32 Å². The summed E-state index contributed by atoms with van der Waals surface area (Å²) in [5, 5.41) is 12.0. The van der Waals surface area contributed by atoms with Gasteiger partial charge in [-0.25, -0.2) is 9.18 Å². The molecule has 0 radical (unpaired) electrons. The van der Waals surface area contributed by atoms with Gasteiger partial charge in [-0.3, -0.25) is 0 Å². The molecule has 1 unspecified atom stereocenters. The van der Waals surface area contributed by atoms with Crippen molar-refractivity contribution in [3.8, 4) is 0 Å². The van der Waals surface area contributed by atoms with E-state index in [4.69, 9.17) is 5.11 Å². The number of hydrogen-bond donors (Lipinski definition) is 2. The lowest BCUT2D eigenvalue weighted by atomic mass is 9.80. The largest absolute Gasteiger partial charge is 0.478 e. The van der Waals surface area contributed by atoms with Crippen LogP contribution in [0.25, 0.3) is 0 Å². The molecule has 1 saturated carbocycles. The highest BCUT2D eigenvalue weighted by molar-refractivity contribution is 5.94. The van der Waals surface area contributed by atoms with Gasteiger partial charge in [0.05, 0.1) is 11.3 Å². The summed E-state index contributed by atoms with van der Waals surface area (Å²) < 4.78 is 13.6. The molecule has 0 saturated heterocycles. The molecule has 1 aromatic rings. The molecule has 0 aromatic heterocycles. The molecule has 0 heterocycles. The first-order valence-corrected chi connectivity index (χ1v) is 5.88. The van der Waals surface area contributed by atoms with Crippen molar-refractivity contribution in [3.05, 3.63) is 29.6 Å². The standard InChI is InChI=1S/C13H16FNO2/c1-8(9-4-2-5-9)15-12-10(13(16)17)6-3-7-11(12)14/h3,6-9,15H,2,4-5H2,1H3,(H,16,17). The number of carbonyl (C=O) groups is 1. The first-order chi connectivity index (χ1) is 8.09. The van der Waals surface area contributed by atoms with Gasteiger partial charge in [-0.2, -0.15) is 0 Å². The Hall–Kier alpha value is -1.58. The number of halogens is 1. The Morgan fingerprint density at radius 3 is 2.76 bits per heavy atom. The second-order valence-electron chi connectivity index (χ2n) is 4.59. The number of nitrogens with one attached hydrogen (secondary N) is 1. The second-order valence-corrected chi connectivity index (χ2v) is 4.59. The number of aromatic carboxylic acids is 1. The molecular formula is C13H16FNO2. The molecule has 1 aliphatic rings. The van der Waals surface area contributed by atoms with E-state index < -0.39 is 11.8 Å². The minimum absolute atomic E-state index is 0.00354. The molecule has 3 nitrogen and oxygen atoms in total. The predicted octanol–water partition coefficient (Wildman–Crippen LogP) is 3.12. The maximum atomic E-state index is 13.6. The van der Waals surface area contributed by atoms with Crippen LogP contribution in [0.1, 0.15) is 36.5 Å². The Bertz CT molecular complexity index is 429. The summed E-state index contributed by atoms with van der Waals surface area (Å²) in [6.45, 7) is 1.97. The molecule has 0 amide bonds. The van der Waals surface area contributed by atoms with Gasteiger partial charge in [0, 0.05) is 6.04 Å². The van der Waals surface area contributed by atoms with Crippen molar-refractivity contribution in [2.24, 2.45) is 5.92 Å². The lowest BCUT2D eigenvalue weighted by Crippen LogP contribution is -2.31. The summed E-state index contributed by atoms with van der Waals surface area (Å²) in [5.41, 5.74) is 0.107. The van der Waals surface area contributed by atoms with Gasteiger partial charge in [0.1, 0.15) is 5.82 Å². The van der Waals surface area contributed by atoms with Gasteiger partial charge in [0.25, 0.3) is 0 Å². The van der Waals surface area contributed by atoms with E-state index in [1.165, 1.54) is 24.6 Å². The zero-order valence-electron chi connectivity index (χ0n) is 9.74. The number of hydrogen-bond acceptors (Lipinski definition) is 2. The van der Waals surface area contributed by atoms with Gasteiger partial charge in [-0.1, -0.05) is 12.5 Å². The Kier molecular flexibility index (Phi) is 3.31. The predicted molar refractivity (Wildman–Crippen MR) is 63.8 cm³/mol. The molecule has 1 atom stereocenters. The van der Waals surface area contributed by atoms with E-state index >= 15 is 0 Å². The molecule has 0 spiro atoms. The van der Waals surface area contributed by atoms with Gasteiger partial charge >= 0.3 is 5.97 Å². The number of rotatable bonds is 4. The van der Waals surface area contributed by atoms with Gasteiger partial charge in [-0.05, 0) is 37.8 Å². The summed E-state index contributed by atoms with van der Waals surface area (Å²) >= 11 is 0. The molecule has 17 heavy (non-hydrogen) atoms. The van der Waals surface area contributed by atoms with E-state index in [-0.39, 0.29) is 17.3 Å². The number of anilines is 1. The Morgan fingerprint density at radius 2 is 2.24 bits per heavy atom. The fraction of sp³-hybridized carbons (Fsp3) is 0.462. The van der Waals surface area contributed by atoms with Gasteiger partial charge in [0.2, 0.25) is 0 Å². The van der Waals surface area contributed by atoms with Crippen LogP contribution in [-0.4, -0.2) is 17.1 Å². The van der Waals surface area contributed by atoms with Crippen molar-refractivity contribution in [2.75, 3.05) is 5.32 Å². The van der Waals surface area contributed by atoms with Crippen LogP contribution in [0, 0.1) is 11.7 Å². The molecule has 0 aliphatic heterocycles. The van der Waals surface area contributed by atoms with Crippen LogP contribution < -0.4 is 5.32 Å². The van der Waals surface area contributed by atoms with Crippen molar-refractivity contribution in [3.63, 3.8) is 0 Å². The van der Waals surface area contributed by atoms with Crippen molar-refractivity contribution < 1.29 is 14.3 Å². The monoisotopic (exact) mass is 237 g/mol. The number of carboxylic acid groups (broad SMARTS) is 1. The van der Waals surface area contributed by atoms with Crippen LogP contribution in [0.2, 0.25) is 0 Å². The maximum absolute atomic E-state index is 13.6. The fourth-order valence-corrected chi connectivity index (χ4v) is 2.13. The van der Waals surface area contributed by atoms with E-state index in [9.17, 15) is 9.18 Å². The highest BCUT2D eigenvalue weighted by Crippen LogP contribution is 2.32.